The van der Waals surface area contributed by atoms with Crippen LogP contribution in [0.2, 0.25) is 0 Å². The van der Waals surface area contributed by atoms with E-state index in [0.717, 1.165) is 15.7 Å². The van der Waals surface area contributed by atoms with Crippen molar-refractivity contribution in [2.45, 2.75) is 24.8 Å². The second-order valence-electron chi connectivity index (χ2n) is 7.56. The van der Waals surface area contributed by atoms with Crippen LogP contribution in [0.25, 0.3) is 21.9 Å². The number of hydrogen-bond donors (Lipinski definition) is 2. The lowest BCUT2D eigenvalue weighted by molar-refractivity contribution is -0.148. The van der Waals surface area contributed by atoms with Crippen molar-refractivity contribution in [3.05, 3.63) is 47.5 Å². The average Bonchev–Trinajstić information content (AvgIpc) is 3.34. The molecule has 160 valence electrons. The van der Waals surface area contributed by atoms with E-state index in [2.05, 4.69) is 15.9 Å². The highest BCUT2D eigenvalue weighted by Gasteiger charge is 2.51. The highest BCUT2D eigenvalue weighted by atomic mass is 79.9. The van der Waals surface area contributed by atoms with Gasteiger partial charge in [0.05, 0.1) is 5.33 Å². The van der Waals surface area contributed by atoms with Crippen LogP contribution in [0.1, 0.15) is 40.0 Å². The fraction of sp³-hybridized carbons (Fsp3) is 0.273. The van der Waals surface area contributed by atoms with Gasteiger partial charge in [0.1, 0.15) is 11.2 Å². The van der Waals surface area contributed by atoms with Crippen LogP contribution >= 0.6 is 15.9 Å². The molecule has 2 aromatic carbocycles. The van der Waals surface area contributed by atoms with E-state index in [4.69, 9.17) is 4.42 Å². The van der Waals surface area contributed by atoms with Crippen molar-refractivity contribution in [2.24, 2.45) is 0 Å². The van der Waals surface area contributed by atoms with Crippen LogP contribution in [-0.2, 0) is 4.79 Å². The number of furan rings is 1. The minimum absolute atomic E-state index is 0.0764. The molecule has 2 heterocycles. The van der Waals surface area contributed by atoms with E-state index in [-0.39, 0.29) is 29.6 Å². The fourth-order valence-electron chi connectivity index (χ4n) is 4.21. The second-order valence-corrected chi connectivity index (χ2v) is 8.12. The Balaban J connectivity index is 1.69. The molecule has 1 aromatic heterocycles. The van der Waals surface area contributed by atoms with Gasteiger partial charge in [0.2, 0.25) is 0 Å². The molecule has 0 spiro atoms. The Hall–Kier alpha value is -3.20. The topological polar surface area (TPSA) is 125 Å². The predicted octanol–water partition coefficient (Wildman–Crippen LogP) is 4.33. The number of carboxylic acid groups (broad SMARTS) is 2. The summed E-state index contributed by atoms with van der Waals surface area (Å²) in [5.74, 6) is -1.89. The maximum absolute atomic E-state index is 12.9. The first kappa shape index (κ1) is 21.0. The zero-order chi connectivity index (χ0) is 22.3. The number of Topliss-reactive ketones (excluding diaryl/α,β-unsaturated/α-hetero) is 2. The third kappa shape index (κ3) is 3.48. The van der Waals surface area contributed by atoms with Gasteiger partial charge in [0.15, 0.2) is 17.1 Å². The molecule has 9 heteroatoms. The van der Waals surface area contributed by atoms with E-state index in [1.165, 1.54) is 6.07 Å². The van der Waals surface area contributed by atoms with Crippen LogP contribution in [0.4, 0.5) is 4.79 Å². The van der Waals surface area contributed by atoms with Gasteiger partial charge in [-0.25, -0.2) is 9.59 Å². The molecule has 4 rings (SSSR count). The minimum atomic E-state index is -1.77. The molecule has 1 fully saturated rings. The summed E-state index contributed by atoms with van der Waals surface area (Å²) in [4.78, 5) is 49.2. The van der Waals surface area contributed by atoms with Gasteiger partial charge in [-0.15, -0.1) is 0 Å². The lowest BCUT2D eigenvalue weighted by Crippen LogP contribution is -2.53. The third-order valence-electron chi connectivity index (χ3n) is 5.81. The zero-order valence-corrected chi connectivity index (χ0v) is 17.8. The van der Waals surface area contributed by atoms with E-state index in [0.29, 0.717) is 23.2 Å². The second kappa shape index (κ2) is 7.81. The van der Waals surface area contributed by atoms with Crippen molar-refractivity contribution < 1.29 is 33.8 Å². The van der Waals surface area contributed by atoms with E-state index in [1.54, 1.807) is 30.3 Å². The molecule has 1 amide bonds. The average molecular weight is 488 g/mol. The number of rotatable bonds is 6. The summed E-state index contributed by atoms with van der Waals surface area (Å²) in [7, 11) is 0. The Morgan fingerprint density at radius 1 is 0.968 bits per heavy atom. The SMILES string of the molecule is O=C(CBr)c1ccc2c(c1)oc1cc(C(=O)CC3(C(=O)O)CCCN3C(=O)O)ccc12. The van der Waals surface area contributed by atoms with E-state index < -0.39 is 29.8 Å². The standard InChI is InChI=1S/C22H18BrNO7/c23-11-17(26)13-3-5-15-14-4-2-12(8-18(14)31-19(15)9-13)16(25)10-22(20(27)28)6-1-7-24(22)21(29)30/h2-5,8-9H,1,6-7,10-11H2,(H,27,28)(H,29,30). The van der Waals surface area contributed by atoms with Crippen LogP contribution in [0.3, 0.4) is 0 Å². The number of aliphatic carboxylic acids is 1. The summed E-state index contributed by atoms with van der Waals surface area (Å²) in [5.41, 5.74) is -0.104. The number of amides is 1. The van der Waals surface area contributed by atoms with Crippen molar-refractivity contribution in [3.8, 4) is 0 Å². The molecular weight excluding hydrogens is 470 g/mol. The van der Waals surface area contributed by atoms with Gasteiger partial charge >= 0.3 is 12.1 Å². The first-order valence-electron chi connectivity index (χ1n) is 9.59. The third-order valence-corrected chi connectivity index (χ3v) is 6.32. The Kier molecular flexibility index (Phi) is 5.30. The molecule has 8 nitrogen and oxygen atoms in total. The summed E-state index contributed by atoms with van der Waals surface area (Å²) in [6.45, 7) is 0.0764. The van der Waals surface area contributed by atoms with Crippen molar-refractivity contribution in [2.75, 3.05) is 11.9 Å². The number of alkyl halides is 1. The highest BCUT2D eigenvalue weighted by molar-refractivity contribution is 9.09. The van der Waals surface area contributed by atoms with Crippen LogP contribution < -0.4 is 0 Å². The number of fused-ring (bicyclic) bond motifs is 3. The van der Waals surface area contributed by atoms with Gasteiger partial charge in [0.25, 0.3) is 0 Å². The number of hydrogen-bond acceptors (Lipinski definition) is 5. The molecule has 0 radical (unpaired) electrons. The molecule has 1 aliphatic rings. The Labute approximate surface area is 184 Å². The Morgan fingerprint density at radius 3 is 2.06 bits per heavy atom. The van der Waals surface area contributed by atoms with Crippen molar-refractivity contribution in [1.29, 1.82) is 0 Å². The number of carbonyl (C=O) groups excluding carboxylic acids is 2. The quantitative estimate of drug-likeness (QED) is 0.391. The smallest absolute Gasteiger partial charge is 0.408 e. The number of nitrogens with zero attached hydrogens (tertiary/aromatic N) is 1. The van der Waals surface area contributed by atoms with Crippen LogP contribution in [-0.4, -0.2) is 56.2 Å². The maximum Gasteiger partial charge on any atom is 0.408 e. The summed E-state index contributed by atoms with van der Waals surface area (Å²) in [6.07, 6.45) is -1.35. The van der Waals surface area contributed by atoms with Gasteiger partial charge in [-0.05, 0) is 37.1 Å². The van der Waals surface area contributed by atoms with E-state index in [1.807, 2.05) is 0 Å². The molecule has 3 aromatic rings. The first-order chi connectivity index (χ1) is 14.8. The minimum Gasteiger partial charge on any atom is -0.479 e. The van der Waals surface area contributed by atoms with Crippen molar-refractivity contribution in [3.63, 3.8) is 0 Å². The summed E-state index contributed by atoms with van der Waals surface area (Å²) in [6, 6.07) is 9.94. The number of carbonyl (C=O) groups is 4. The molecule has 2 N–H and O–H groups in total. The predicted molar refractivity (Wildman–Crippen MR) is 115 cm³/mol. The maximum atomic E-state index is 12.9. The van der Waals surface area contributed by atoms with Crippen LogP contribution in [0, 0.1) is 0 Å². The fourth-order valence-corrected chi connectivity index (χ4v) is 4.53. The summed E-state index contributed by atoms with van der Waals surface area (Å²) >= 11 is 3.14. The normalized spacial score (nSPS) is 18.5. The molecule has 1 aliphatic heterocycles. The summed E-state index contributed by atoms with van der Waals surface area (Å²) < 4.78 is 5.84. The van der Waals surface area contributed by atoms with Gasteiger partial charge in [-0.2, -0.15) is 0 Å². The monoisotopic (exact) mass is 487 g/mol. The van der Waals surface area contributed by atoms with Gasteiger partial charge in [0, 0.05) is 34.9 Å². The van der Waals surface area contributed by atoms with Crippen LogP contribution in [0.5, 0.6) is 0 Å². The Morgan fingerprint density at radius 2 is 1.55 bits per heavy atom. The van der Waals surface area contributed by atoms with Crippen molar-refractivity contribution in [1.82, 2.24) is 4.90 Å². The molecule has 1 unspecified atom stereocenters. The number of likely N-dealkylation sites (tertiary alicyclic amines) is 1. The molecule has 0 bridgehead atoms. The molecule has 31 heavy (non-hydrogen) atoms. The van der Waals surface area contributed by atoms with E-state index >= 15 is 0 Å². The summed E-state index contributed by atoms with van der Waals surface area (Å²) in [5, 5.41) is 20.9. The molecule has 0 aliphatic carbocycles. The Bertz CT molecular complexity index is 1250. The largest absolute Gasteiger partial charge is 0.479 e. The zero-order valence-electron chi connectivity index (χ0n) is 16.3. The van der Waals surface area contributed by atoms with Crippen LogP contribution in [0.15, 0.2) is 40.8 Å². The molecule has 0 saturated carbocycles. The number of halogens is 1. The number of benzene rings is 2. The van der Waals surface area contributed by atoms with Gasteiger partial charge in [-0.1, -0.05) is 28.1 Å². The first-order valence-corrected chi connectivity index (χ1v) is 10.7. The lowest BCUT2D eigenvalue weighted by Gasteiger charge is -2.32. The molecule has 1 saturated heterocycles. The molecular formula is C22H18BrNO7. The molecule has 1 atom stereocenters. The lowest BCUT2D eigenvalue weighted by atomic mass is 9.87. The number of ketones is 2. The van der Waals surface area contributed by atoms with E-state index in [9.17, 15) is 29.4 Å². The number of carboxylic acids is 1. The van der Waals surface area contributed by atoms with Crippen molar-refractivity contribution >= 4 is 61.5 Å². The van der Waals surface area contributed by atoms with Gasteiger partial charge < -0.3 is 14.6 Å². The van der Waals surface area contributed by atoms with Gasteiger partial charge in [-0.3, -0.25) is 14.5 Å². The highest BCUT2D eigenvalue weighted by Crippen LogP contribution is 2.35.